The van der Waals surface area contributed by atoms with Crippen molar-refractivity contribution in [3.8, 4) is 5.75 Å². The van der Waals surface area contributed by atoms with Crippen molar-refractivity contribution in [2.45, 2.75) is 38.6 Å². The van der Waals surface area contributed by atoms with Gasteiger partial charge in [0.1, 0.15) is 21.9 Å². The summed E-state index contributed by atoms with van der Waals surface area (Å²) in [4.78, 5) is 0. The minimum Gasteiger partial charge on any atom is -0.591 e. The molecule has 0 saturated carbocycles. The molecule has 3 nitrogen and oxygen atoms in total. The molecule has 150 valence electrons. The van der Waals surface area contributed by atoms with Gasteiger partial charge < -0.3 is 9.29 Å². The second kappa shape index (κ2) is 7.57. The highest BCUT2D eigenvalue weighted by molar-refractivity contribution is 7.91. The first kappa shape index (κ1) is 21.0. The van der Waals surface area contributed by atoms with Gasteiger partial charge in [0.15, 0.2) is 6.61 Å². The number of halogens is 3. The maximum absolute atomic E-state index is 12.4. The summed E-state index contributed by atoms with van der Waals surface area (Å²) in [5.41, 5.74) is 1.48. The van der Waals surface area contributed by atoms with E-state index in [1.807, 2.05) is 39.0 Å². The van der Waals surface area contributed by atoms with Gasteiger partial charge in [0.2, 0.25) is 0 Å². The maximum Gasteiger partial charge on any atom is 0.422 e. The molecule has 0 aliphatic rings. The summed E-state index contributed by atoms with van der Waals surface area (Å²) in [5, 5.41) is 1.73. The van der Waals surface area contributed by atoms with Crippen LogP contribution >= 0.6 is 11.3 Å². The fraction of sp³-hybridized carbons (Fsp3) is 0.350. The molecule has 1 aromatic heterocycles. The number of alkyl halides is 3. The summed E-state index contributed by atoms with van der Waals surface area (Å²) in [5.74, 6) is 0.175. The van der Waals surface area contributed by atoms with Crippen molar-refractivity contribution in [2.75, 3.05) is 6.61 Å². The van der Waals surface area contributed by atoms with Gasteiger partial charge in [-0.2, -0.15) is 13.2 Å². The molecule has 0 N–H and O–H groups in total. The molecule has 1 unspecified atom stereocenters. The van der Waals surface area contributed by atoms with Crippen LogP contribution in [-0.2, 0) is 11.4 Å². The molecule has 0 aliphatic heterocycles. The number of rotatable bonds is 4. The Labute approximate surface area is 168 Å². The molecule has 0 aliphatic carbocycles. The molecule has 28 heavy (non-hydrogen) atoms. The number of nitrogens with zero attached hydrogens (tertiary/aromatic N) is 1. The van der Waals surface area contributed by atoms with E-state index in [4.69, 9.17) is 4.74 Å². The molecule has 0 saturated heterocycles. The fourth-order valence-corrected chi connectivity index (χ4v) is 4.25. The van der Waals surface area contributed by atoms with Gasteiger partial charge in [-0.3, -0.25) is 0 Å². The number of benzene rings is 2. The van der Waals surface area contributed by atoms with Crippen LogP contribution in [0.25, 0.3) is 20.2 Å². The van der Waals surface area contributed by atoms with E-state index < -0.39 is 28.9 Å². The summed E-state index contributed by atoms with van der Waals surface area (Å²) in [7, 11) is 0. The third-order valence-corrected chi connectivity index (χ3v) is 6.64. The summed E-state index contributed by atoms with van der Waals surface area (Å²) in [6, 6.07) is 10.7. The summed E-state index contributed by atoms with van der Waals surface area (Å²) < 4.78 is 60.2. The van der Waals surface area contributed by atoms with E-state index in [0.717, 1.165) is 25.7 Å². The molecule has 1 heterocycles. The van der Waals surface area contributed by atoms with E-state index in [1.165, 1.54) is 0 Å². The average Bonchev–Trinajstić information content (AvgIpc) is 2.95. The Morgan fingerprint density at radius 3 is 2.29 bits per heavy atom. The van der Waals surface area contributed by atoms with E-state index >= 15 is 0 Å². The Kier molecular flexibility index (Phi) is 5.67. The lowest BCUT2D eigenvalue weighted by Crippen LogP contribution is -2.26. The van der Waals surface area contributed by atoms with Crippen molar-refractivity contribution >= 4 is 48.6 Å². The standard InChI is InChI=1S/C20H20F3NO2S2/c1-12(24-28(25)19(2,3)4)13-5-7-17-15(9-13)16-10-14(6-8-18(16)27-17)26-11-20(21,22)23/h5-10H,11H2,1-4H3. The van der Waals surface area contributed by atoms with Crippen LogP contribution < -0.4 is 4.74 Å². The van der Waals surface area contributed by atoms with Crippen molar-refractivity contribution < 1.29 is 22.5 Å². The van der Waals surface area contributed by atoms with Crippen LogP contribution in [0.3, 0.4) is 0 Å². The van der Waals surface area contributed by atoms with Gasteiger partial charge in [0.05, 0.1) is 5.71 Å². The highest BCUT2D eigenvalue weighted by Gasteiger charge is 2.28. The molecular weight excluding hydrogens is 407 g/mol. The molecule has 0 amide bonds. The van der Waals surface area contributed by atoms with E-state index in [-0.39, 0.29) is 5.75 Å². The van der Waals surface area contributed by atoms with Crippen molar-refractivity contribution in [2.24, 2.45) is 4.40 Å². The number of hydrogen-bond acceptors (Lipinski definition) is 4. The molecule has 0 spiro atoms. The van der Waals surface area contributed by atoms with Crippen LogP contribution in [0.15, 0.2) is 40.8 Å². The minimum atomic E-state index is -4.38. The predicted octanol–water partition coefficient (Wildman–Crippen LogP) is 6.27. The lowest BCUT2D eigenvalue weighted by Gasteiger charge is -2.18. The zero-order valence-corrected chi connectivity index (χ0v) is 17.5. The summed E-state index contributed by atoms with van der Waals surface area (Å²) >= 11 is 0.185. The summed E-state index contributed by atoms with van der Waals surface area (Å²) in [6.45, 7) is 6.06. The Bertz CT molecular complexity index is 1040. The first-order chi connectivity index (χ1) is 12.9. The Hall–Kier alpha value is -1.77. The minimum absolute atomic E-state index is 0.175. The lowest BCUT2D eigenvalue weighted by molar-refractivity contribution is -0.153. The Morgan fingerprint density at radius 1 is 1.07 bits per heavy atom. The first-order valence-corrected chi connectivity index (χ1v) is 10.5. The third kappa shape index (κ3) is 4.79. The van der Waals surface area contributed by atoms with E-state index in [2.05, 4.69) is 4.40 Å². The molecule has 3 rings (SSSR count). The molecule has 0 fully saturated rings. The van der Waals surface area contributed by atoms with Gasteiger partial charge in [-0.15, -0.1) is 11.3 Å². The number of hydrogen-bond donors (Lipinski definition) is 0. The smallest absolute Gasteiger partial charge is 0.422 e. The number of fused-ring (bicyclic) bond motifs is 3. The second-order valence-corrected chi connectivity index (χ2v) is 10.4. The van der Waals surface area contributed by atoms with Gasteiger partial charge >= 0.3 is 6.18 Å². The Balaban J connectivity index is 2.00. The van der Waals surface area contributed by atoms with Crippen molar-refractivity contribution in [1.82, 2.24) is 0 Å². The molecule has 1 atom stereocenters. The van der Waals surface area contributed by atoms with Crippen LogP contribution in [0.1, 0.15) is 33.3 Å². The topological polar surface area (TPSA) is 44.7 Å². The van der Waals surface area contributed by atoms with Crippen molar-refractivity contribution in [3.63, 3.8) is 0 Å². The van der Waals surface area contributed by atoms with E-state index in [9.17, 15) is 17.7 Å². The Morgan fingerprint density at radius 2 is 1.68 bits per heavy atom. The van der Waals surface area contributed by atoms with E-state index in [0.29, 0.717) is 5.71 Å². The van der Waals surface area contributed by atoms with Crippen LogP contribution in [0, 0.1) is 0 Å². The molecule has 8 heteroatoms. The highest BCUT2D eigenvalue weighted by Crippen LogP contribution is 2.37. The van der Waals surface area contributed by atoms with E-state index in [1.54, 1.807) is 36.5 Å². The van der Waals surface area contributed by atoms with Gasteiger partial charge in [-0.05, 0) is 58.0 Å². The van der Waals surface area contributed by atoms with Crippen LogP contribution in [0.5, 0.6) is 5.75 Å². The monoisotopic (exact) mass is 427 g/mol. The summed E-state index contributed by atoms with van der Waals surface area (Å²) in [6.07, 6.45) is -4.38. The quantitative estimate of drug-likeness (QED) is 0.364. The average molecular weight is 428 g/mol. The second-order valence-electron chi connectivity index (χ2n) is 7.41. The van der Waals surface area contributed by atoms with Crippen LogP contribution in [0.4, 0.5) is 13.2 Å². The molecular formula is C20H20F3NO2S2. The molecule has 0 bridgehead atoms. The van der Waals surface area contributed by atoms with Crippen molar-refractivity contribution in [1.29, 1.82) is 0 Å². The zero-order chi connectivity index (χ0) is 20.7. The fourth-order valence-electron chi connectivity index (χ4n) is 2.55. The molecule has 3 aromatic rings. The van der Waals surface area contributed by atoms with Gasteiger partial charge in [0.25, 0.3) is 0 Å². The molecule has 2 aromatic carbocycles. The maximum atomic E-state index is 12.4. The zero-order valence-electron chi connectivity index (χ0n) is 15.9. The lowest BCUT2D eigenvalue weighted by atomic mass is 10.1. The predicted molar refractivity (Wildman–Crippen MR) is 111 cm³/mol. The first-order valence-electron chi connectivity index (χ1n) is 8.57. The van der Waals surface area contributed by atoms with Crippen molar-refractivity contribution in [3.05, 3.63) is 42.0 Å². The van der Waals surface area contributed by atoms with Gasteiger partial charge in [-0.25, -0.2) is 0 Å². The number of ether oxygens (including phenoxy) is 1. The van der Waals surface area contributed by atoms with Crippen LogP contribution in [0.2, 0.25) is 0 Å². The largest absolute Gasteiger partial charge is 0.591 e. The van der Waals surface area contributed by atoms with Gasteiger partial charge in [-0.1, -0.05) is 10.5 Å². The molecule has 0 radical (unpaired) electrons. The van der Waals surface area contributed by atoms with Crippen LogP contribution in [-0.4, -0.2) is 27.8 Å². The normalized spacial score (nSPS) is 14.6. The number of thiophene rings is 1. The van der Waals surface area contributed by atoms with Gasteiger partial charge in [0, 0.05) is 25.7 Å². The highest BCUT2D eigenvalue weighted by atomic mass is 32.2. The SMILES string of the molecule is CC(=N[S+]([O-])C(C)(C)C)c1ccc2sc3ccc(OCC(F)(F)F)cc3c2c1. The third-order valence-electron chi connectivity index (χ3n) is 4.00.